The number of oxime groups is 1. The maximum absolute atomic E-state index is 6.02. The molecule has 9 heteroatoms. The number of nitrogens with one attached hydrogen (secondary N) is 1. The summed E-state index contributed by atoms with van der Waals surface area (Å²) in [6.07, 6.45) is 1.29. The van der Waals surface area contributed by atoms with Crippen LogP contribution in [0.4, 0.5) is 0 Å². The zero-order valence-corrected chi connectivity index (χ0v) is 18.3. The van der Waals surface area contributed by atoms with Gasteiger partial charge in [-0.3, -0.25) is 0 Å². The van der Waals surface area contributed by atoms with E-state index in [1.807, 2.05) is 30.3 Å². The third kappa shape index (κ3) is 4.86. The van der Waals surface area contributed by atoms with Gasteiger partial charge in [-0.15, -0.1) is 12.4 Å². The van der Waals surface area contributed by atoms with Gasteiger partial charge in [-0.05, 0) is 23.8 Å². The van der Waals surface area contributed by atoms with Crippen molar-refractivity contribution in [1.82, 2.24) is 5.32 Å². The van der Waals surface area contributed by atoms with Gasteiger partial charge in [-0.1, -0.05) is 28.9 Å². The molecule has 2 aromatic rings. The molecule has 0 spiro atoms. The van der Waals surface area contributed by atoms with E-state index in [1.165, 1.54) is 0 Å². The first kappa shape index (κ1) is 22.3. The minimum atomic E-state index is -0.0723. The van der Waals surface area contributed by atoms with E-state index in [0.717, 1.165) is 34.8 Å². The molecule has 2 aromatic carbocycles. The van der Waals surface area contributed by atoms with Crippen LogP contribution >= 0.6 is 24.0 Å². The summed E-state index contributed by atoms with van der Waals surface area (Å²) in [6.45, 7) is 1.53. The van der Waals surface area contributed by atoms with Crippen molar-refractivity contribution < 1.29 is 23.8 Å². The molecule has 4 rings (SSSR count). The summed E-state index contributed by atoms with van der Waals surface area (Å²) < 4.78 is 22.1. The van der Waals surface area contributed by atoms with Gasteiger partial charge in [-0.2, -0.15) is 0 Å². The van der Waals surface area contributed by atoms with Crippen LogP contribution in [0.3, 0.4) is 0 Å². The maximum atomic E-state index is 6.02. The molecule has 2 aliphatic rings. The molecule has 0 amide bonds. The van der Waals surface area contributed by atoms with Crippen molar-refractivity contribution in [2.24, 2.45) is 5.16 Å². The van der Waals surface area contributed by atoms with Crippen LogP contribution in [0.1, 0.15) is 17.5 Å². The lowest BCUT2D eigenvalue weighted by Crippen LogP contribution is -2.23. The summed E-state index contributed by atoms with van der Waals surface area (Å²) in [6, 6.07) is 9.70. The Morgan fingerprint density at radius 3 is 2.73 bits per heavy atom. The molecule has 0 saturated carbocycles. The van der Waals surface area contributed by atoms with E-state index >= 15 is 0 Å². The summed E-state index contributed by atoms with van der Waals surface area (Å²) in [5.41, 5.74) is 3.04. The Kier molecular flexibility index (Phi) is 7.53. The molecule has 0 aromatic heterocycles. The second kappa shape index (κ2) is 10.1. The molecular weight excluding hydrogens is 431 g/mol. The molecule has 2 heterocycles. The Bertz CT molecular complexity index is 923. The van der Waals surface area contributed by atoms with Crippen molar-refractivity contribution in [3.63, 3.8) is 0 Å². The minimum absolute atomic E-state index is 0. The van der Waals surface area contributed by atoms with Crippen LogP contribution in [-0.4, -0.2) is 39.4 Å². The predicted octanol–water partition coefficient (Wildman–Crippen LogP) is 3.98. The molecule has 0 aliphatic carbocycles. The number of hydrogen-bond donors (Lipinski definition) is 1. The number of fused-ring (bicyclic) bond motifs is 1. The molecule has 2 aliphatic heterocycles. The lowest BCUT2D eigenvalue weighted by Gasteiger charge is -2.15. The van der Waals surface area contributed by atoms with E-state index in [2.05, 4.69) is 10.5 Å². The first-order valence-electron chi connectivity index (χ1n) is 9.38. The minimum Gasteiger partial charge on any atom is -0.493 e. The van der Waals surface area contributed by atoms with Crippen molar-refractivity contribution >= 4 is 29.7 Å². The molecule has 1 unspecified atom stereocenters. The topological polar surface area (TPSA) is 70.5 Å². The van der Waals surface area contributed by atoms with E-state index in [4.69, 9.17) is 35.4 Å². The van der Waals surface area contributed by atoms with Crippen LogP contribution in [0.2, 0.25) is 5.02 Å². The van der Waals surface area contributed by atoms with Crippen molar-refractivity contribution in [1.29, 1.82) is 0 Å². The second-order valence-corrected chi connectivity index (χ2v) is 7.30. The smallest absolute Gasteiger partial charge is 0.231 e. The lowest BCUT2D eigenvalue weighted by molar-refractivity contribution is 0.0853. The van der Waals surface area contributed by atoms with Crippen molar-refractivity contribution in [2.75, 3.05) is 27.6 Å². The maximum Gasteiger partial charge on any atom is 0.231 e. The number of rotatable bonds is 8. The van der Waals surface area contributed by atoms with Gasteiger partial charge in [0.05, 0.1) is 19.9 Å². The molecule has 30 heavy (non-hydrogen) atoms. The monoisotopic (exact) mass is 454 g/mol. The average Bonchev–Trinajstić information content (AvgIpc) is 3.37. The van der Waals surface area contributed by atoms with Gasteiger partial charge in [0.1, 0.15) is 6.10 Å². The summed E-state index contributed by atoms with van der Waals surface area (Å²) in [5, 5.41) is 8.35. The molecule has 162 valence electrons. The van der Waals surface area contributed by atoms with Gasteiger partial charge in [0.15, 0.2) is 11.5 Å². The number of methoxy groups -OCH3 is 2. The standard InChI is InChI=1S/C21H23ClN2O5.ClH/c1-25-18-8-14(19(26-2)21-20(18)27-12-28-21)7-17-9-16(24-29-17)11-23-10-13-4-3-5-15(22)6-13;/h3-6,8,17,23H,7,9-12H2,1-2H3;1H. The molecule has 7 nitrogen and oxygen atoms in total. The fourth-order valence-corrected chi connectivity index (χ4v) is 3.75. The number of nitrogens with zero attached hydrogens (tertiary/aromatic N) is 1. The fraction of sp³-hybridized carbons (Fsp3) is 0.381. The number of halogens is 2. The van der Waals surface area contributed by atoms with Gasteiger partial charge < -0.3 is 29.1 Å². The van der Waals surface area contributed by atoms with Gasteiger partial charge in [0.25, 0.3) is 0 Å². The number of benzene rings is 2. The molecule has 0 saturated heterocycles. The van der Waals surface area contributed by atoms with Crippen LogP contribution in [0.25, 0.3) is 0 Å². The zero-order chi connectivity index (χ0) is 20.2. The molecule has 1 N–H and O–H groups in total. The van der Waals surface area contributed by atoms with E-state index in [0.29, 0.717) is 36.0 Å². The van der Waals surface area contributed by atoms with Crippen LogP contribution in [-0.2, 0) is 17.8 Å². The SMILES string of the molecule is COc1cc(CC2CC(CNCc3cccc(Cl)c3)=NO2)c(OC)c2c1OCO2.Cl. The van der Waals surface area contributed by atoms with Gasteiger partial charge >= 0.3 is 0 Å². The quantitative estimate of drug-likeness (QED) is 0.650. The Hall–Kier alpha value is -2.35. The summed E-state index contributed by atoms with van der Waals surface area (Å²) >= 11 is 6.02. The molecule has 0 fully saturated rings. The normalized spacial score (nSPS) is 16.5. The van der Waals surface area contributed by atoms with Crippen molar-refractivity contribution in [3.8, 4) is 23.0 Å². The van der Waals surface area contributed by atoms with Gasteiger partial charge in [0, 0.05) is 36.5 Å². The Morgan fingerprint density at radius 1 is 1.13 bits per heavy atom. The third-order valence-corrected chi connectivity index (χ3v) is 5.09. The van der Waals surface area contributed by atoms with Crippen LogP contribution in [0.15, 0.2) is 35.5 Å². The second-order valence-electron chi connectivity index (χ2n) is 6.86. The highest BCUT2D eigenvalue weighted by Gasteiger charge is 2.30. The molecular formula is C21H24Cl2N2O5. The van der Waals surface area contributed by atoms with Gasteiger partial charge in [-0.25, -0.2) is 0 Å². The van der Waals surface area contributed by atoms with E-state index in [-0.39, 0.29) is 25.3 Å². The summed E-state index contributed by atoms with van der Waals surface area (Å²) in [5.74, 6) is 2.41. The molecule has 0 bridgehead atoms. The van der Waals surface area contributed by atoms with Crippen LogP contribution < -0.4 is 24.3 Å². The van der Waals surface area contributed by atoms with E-state index < -0.39 is 0 Å². The first-order valence-corrected chi connectivity index (χ1v) is 9.76. The largest absolute Gasteiger partial charge is 0.493 e. The highest BCUT2D eigenvalue weighted by atomic mass is 35.5. The summed E-state index contributed by atoms with van der Waals surface area (Å²) in [4.78, 5) is 5.64. The fourth-order valence-electron chi connectivity index (χ4n) is 3.54. The van der Waals surface area contributed by atoms with Crippen LogP contribution in [0.5, 0.6) is 23.0 Å². The Balaban J connectivity index is 0.00000256. The molecule has 0 radical (unpaired) electrons. The summed E-state index contributed by atoms with van der Waals surface area (Å²) in [7, 11) is 3.22. The van der Waals surface area contributed by atoms with Crippen molar-refractivity contribution in [2.45, 2.75) is 25.5 Å². The third-order valence-electron chi connectivity index (χ3n) is 4.85. The predicted molar refractivity (Wildman–Crippen MR) is 117 cm³/mol. The van der Waals surface area contributed by atoms with Crippen LogP contribution in [0, 0.1) is 0 Å². The average molecular weight is 455 g/mol. The van der Waals surface area contributed by atoms with Crippen molar-refractivity contribution in [3.05, 3.63) is 46.5 Å². The highest BCUT2D eigenvalue weighted by molar-refractivity contribution is 6.30. The number of ether oxygens (including phenoxy) is 4. The lowest BCUT2D eigenvalue weighted by atomic mass is 10.0. The first-order chi connectivity index (χ1) is 14.2. The Morgan fingerprint density at radius 2 is 1.97 bits per heavy atom. The Labute approximate surface area is 186 Å². The van der Waals surface area contributed by atoms with E-state index in [9.17, 15) is 0 Å². The molecule has 1 atom stereocenters. The zero-order valence-electron chi connectivity index (χ0n) is 16.8. The number of hydrogen-bond acceptors (Lipinski definition) is 7. The highest BCUT2D eigenvalue weighted by Crippen LogP contribution is 2.49. The van der Waals surface area contributed by atoms with E-state index in [1.54, 1.807) is 14.2 Å². The van der Waals surface area contributed by atoms with Gasteiger partial charge in [0.2, 0.25) is 18.3 Å².